The van der Waals surface area contributed by atoms with Crippen molar-refractivity contribution in [2.24, 2.45) is 0 Å². The zero-order chi connectivity index (χ0) is 65.8. The van der Waals surface area contributed by atoms with Crippen molar-refractivity contribution in [1.29, 1.82) is 0 Å². The van der Waals surface area contributed by atoms with Crippen molar-refractivity contribution in [1.82, 2.24) is 5.32 Å². The van der Waals surface area contributed by atoms with Crippen LogP contribution in [0.3, 0.4) is 0 Å². The van der Waals surface area contributed by atoms with Crippen LogP contribution in [0.2, 0.25) is 0 Å². The standard InChI is InChI=1S/C80H153NO10/c1-3-5-7-9-11-13-14-15-16-17-35-39-42-45-48-52-56-60-64-68-76(85)89-69-65-61-57-53-49-46-43-40-37-34-32-30-28-26-24-22-20-18-19-21-23-25-27-29-31-33-36-38-41-44-47-51-55-59-63-67-75(84)81-72(73(83)66-62-58-54-50-12-10-8-6-4-2)71-90-80-79(88)78(87)77(86)74(70-82)91-80/h20,22,62,66,72-74,77-80,82-83,86-88H,3-19,21,23-61,63-65,67-71H2,1-2H3,(H,81,84)/b22-20-,66-62+. The molecule has 0 aromatic heterocycles. The van der Waals surface area contributed by atoms with Gasteiger partial charge in [0.1, 0.15) is 24.4 Å². The summed E-state index contributed by atoms with van der Waals surface area (Å²) in [5.41, 5.74) is 0. The molecule has 11 nitrogen and oxygen atoms in total. The molecular formula is C80H153NO10. The Morgan fingerprint density at radius 2 is 0.703 bits per heavy atom. The van der Waals surface area contributed by atoms with Crippen molar-refractivity contribution in [3.05, 3.63) is 24.3 Å². The Kier molecular flexibility index (Phi) is 66.6. The van der Waals surface area contributed by atoms with Gasteiger partial charge in [-0.1, -0.05) is 366 Å². The minimum Gasteiger partial charge on any atom is -0.466 e. The van der Waals surface area contributed by atoms with E-state index in [-0.39, 0.29) is 18.5 Å². The van der Waals surface area contributed by atoms with Crippen LogP contribution >= 0.6 is 0 Å². The van der Waals surface area contributed by atoms with Crippen LogP contribution in [0.5, 0.6) is 0 Å². The Bertz CT molecular complexity index is 1560. The molecule has 0 bridgehead atoms. The van der Waals surface area contributed by atoms with E-state index in [0.29, 0.717) is 19.4 Å². The third-order valence-corrected chi connectivity index (χ3v) is 19.3. The molecule has 0 saturated carbocycles. The molecule has 538 valence electrons. The van der Waals surface area contributed by atoms with Crippen molar-refractivity contribution < 1.29 is 49.3 Å². The van der Waals surface area contributed by atoms with Gasteiger partial charge in [-0.25, -0.2) is 0 Å². The van der Waals surface area contributed by atoms with Crippen molar-refractivity contribution in [3.8, 4) is 0 Å². The van der Waals surface area contributed by atoms with E-state index in [4.69, 9.17) is 14.2 Å². The maximum absolute atomic E-state index is 13.0. The molecule has 1 rings (SSSR count). The van der Waals surface area contributed by atoms with Crippen LogP contribution in [-0.4, -0.2) is 100 Å². The normalized spacial score (nSPS) is 17.6. The summed E-state index contributed by atoms with van der Waals surface area (Å²) in [5, 5.41) is 54.3. The zero-order valence-corrected chi connectivity index (χ0v) is 60.1. The van der Waals surface area contributed by atoms with E-state index in [1.165, 1.54) is 334 Å². The van der Waals surface area contributed by atoms with Gasteiger partial charge in [-0.15, -0.1) is 0 Å². The van der Waals surface area contributed by atoms with Gasteiger partial charge in [0, 0.05) is 12.8 Å². The first kappa shape index (κ1) is 87.2. The second-order valence-corrected chi connectivity index (χ2v) is 28.1. The number of nitrogens with one attached hydrogen (secondary N) is 1. The molecule has 6 N–H and O–H groups in total. The van der Waals surface area contributed by atoms with E-state index in [1.807, 2.05) is 6.08 Å². The molecule has 1 saturated heterocycles. The fourth-order valence-corrected chi connectivity index (χ4v) is 13.0. The Balaban J connectivity index is 1.85. The topological polar surface area (TPSA) is 175 Å². The summed E-state index contributed by atoms with van der Waals surface area (Å²) in [6.45, 7) is 4.37. The number of hydrogen-bond acceptors (Lipinski definition) is 10. The quantitative estimate of drug-likeness (QED) is 0.0195. The lowest BCUT2D eigenvalue weighted by atomic mass is 9.99. The van der Waals surface area contributed by atoms with Crippen LogP contribution < -0.4 is 5.32 Å². The van der Waals surface area contributed by atoms with Crippen LogP contribution in [0.25, 0.3) is 0 Å². The molecule has 1 heterocycles. The molecule has 91 heavy (non-hydrogen) atoms. The summed E-state index contributed by atoms with van der Waals surface area (Å²) in [4.78, 5) is 25.2. The first-order chi connectivity index (χ1) is 44.7. The molecule has 11 heteroatoms. The summed E-state index contributed by atoms with van der Waals surface area (Å²) in [6, 6.07) is -0.805. The van der Waals surface area contributed by atoms with E-state index in [9.17, 15) is 35.1 Å². The molecule has 7 unspecified atom stereocenters. The number of ether oxygens (including phenoxy) is 3. The first-order valence-electron chi connectivity index (χ1n) is 40.1. The summed E-state index contributed by atoms with van der Waals surface area (Å²) < 4.78 is 16.8. The third kappa shape index (κ3) is 58.1. The first-order valence-corrected chi connectivity index (χ1v) is 40.1. The van der Waals surface area contributed by atoms with Gasteiger partial charge in [0.2, 0.25) is 5.91 Å². The molecule has 1 fully saturated rings. The Morgan fingerprint density at radius 3 is 1.05 bits per heavy atom. The molecule has 0 aromatic carbocycles. The summed E-state index contributed by atoms with van der Waals surface area (Å²) in [6.07, 6.45) is 79.5. The molecule has 0 aliphatic carbocycles. The molecule has 0 spiro atoms. The van der Waals surface area contributed by atoms with E-state index < -0.39 is 49.5 Å². The molecule has 0 aromatic rings. The van der Waals surface area contributed by atoms with E-state index in [0.717, 1.165) is 51.4 Å². The number of amides is 1. The number of allylic oxidation sites excluding steroid dienone is 3. The lowest BCUT2D eigenvalue weighted by molar-refractivity contribution is -0.302. The highest BCUT2D eigenvalue weighted by Crippen LogP contribution is 2.24. The van der Waals surface area contributed by atoms with Crippen molar-refractivity contribution in [2.75, 3.05) is 19.8 Å². The largest absolute Gasteiger partial charge is 0.466 e. The monoisotopic (exact) mass is 1290 g/mol. The number of carbonyl (C=O) groups excluding carboxylic acids is 2. The van der Waals surface area contributed by atoms with Gasteiger partial charge in [0.25, 0.3) is 0 Å². The molecular weight excluding hydrogens is 1130 g/mol. The van der Waals surface area contributed by atoms with Gasteiger partial charge in [-0.05, 0) is 57.8 Å². The smallest absolute Gasteiger partial charge is 0.305 e. The Morgan fingerprint density at radius 1 is 0.396 bits per heavy atom. The number of unbranched alkanes of at least 4 members (excludes halogenated alkanes) is 56. The number of rotatable bonds is 72. The molecule has 1 amide bonds. The number of aliphatic hydroxyl groups excluding tert-OH is 5. The van der Waals surface area contributed by atoms with Gasteiger partial charge in [-0.3, -0.25) is 9.59 Å². The van der Waals surface area contributed by atoms with E-state index in [2.05, 4.69) is 31.3 Å². The molecule has 1 aliphatic heterocycles. The van der Waals surface area contributed by atoms with Crippen molar-refractivity contribution in [3.63, 3.8) is 0 Å². The highest BCUT2D eigenvalue weighted by atomic mass is 16.7. The maximum atomic E-state index is 13.0. The van der Waals surface area contributed by atoms with Crippen LogP contribution in [0, 0.1) is 0 Å². The highest BCUT2D eigenvalue weighted by Gasteiger charge is 2.44. The number of esters is 1. The minimum absolute atomic E-state index is 0.0192. The maximum Gasteiger partial charge on any atom is 0.305 e. The summed E-state index contributed by atoms with van der Waals surface area (Å²) in [7, 11) is 0. The molecule has 0 radical (unpaired) electrons. The van der Waals surface area contributed by atoms with Crippen LogP contribution in [0.15, 0.2) is 24.3 Å². The van der Waals surface area contributed by atoms with Crippen LogP contribution in [0.4, 0.5) is 0 Å². The molecule has 7 atom stereocenters. The minimum atomic E-state index is -1.57. The SMILES string of the molecule is CCCCCCCCC/C=C/C(O)C(COC1OC(CO)C(O)C(O)C1O)NC(=O)CCCCCCCCCCCCCCCCCCC/C=C\CCCCCCCCCCCCCCCCOC(=O)CCCCCCCCCCCCCCCCCCCCC. The fraction of sp³-hybridized carbons (Fsp3) is 0.925. The lowest BCUT2D eigenvalue weighted by Gasteiger charge is -2.40. The lowest BCUT2D eigenvalue weighted by Crippen LogP contribution is -2.60. The van der Waals surface area contributed by atoms with E-state index >= 15 is 0 Å². The summed E-state index contributed by atoms with van der Waals surface area (Å²) >= 11 is 0. The van der Waals surface area contributed by atoms with Gasteiger partial charge in [-0.2, -0.15) is 0 Å². The van der Waals surface area contributed by atoms with Gasteiger partial charge < -0.3 is 45.1 Å². The third-order valence-electron chi connectivity index (χ3n) is 19.3. The predicted octanol–water partition coefficient (Wildman–Crippen LogP) is 21.5. The number of carbonyl (C=O) groups is 2. The molecule has 1 aliphatic rings. The van der Waals surface area contributed by atoms with Gasteiger partial charge in [0.15, 0.2) is 6.29 Å². The van der Waals surface area contributed by atoms with Gasteiger partial charge >= 0.3 is 5.97 Å². The van der Waals surface area contributed by atoms with Gasteiger partial charge in [0.05, 0.1) is 32.0 Å². The predicted molar refractivity (Wildman–Crippen MR) is 384 cm³/mol. The second-order valence-electron chi connectivity index (χ2n) is 28.1. The zero-order valence-electron chi connectivity index (χ0n) is 60.1. The number of aliphatic hydroxyl groups is 5. The summed E-state index contributed by atoms with van der Waals surface area (Å²) in [5.74, 6) is -0.159. The Hall–Kier alpha value is -1.86. The van der Waals surface area contributed by atoms with Crippen LogP contribution in [-0.2, 0) is 23.8 Å². The highest BCUT2D eigenvalue weighted by molar-refractivity contribution is 5.76. The van der Waals surface area contributed by atoms with Crippen molar-refractivity contribution >= 4 is 11.9 Å². The van der Waals surface area contributed by atoms with E-state index in [1.54, 1.807) is 6.08 Å². The average Bonchev–Trinajstić information content (AvgIpc) is 1.82. The Labute approximate surface area is 562 Å². The van der Waals surface area contributed by atoms with Crippen molar-refractivity contribution in [2.45, 2.75) is 455 Å². The van der Waals surface area contributed by atoms with Crippen LogP contribution in [0.1, 0.15) is 412 Å². The number of hydrogen-bond donors (Lipinski definition) is 6. The average molecular weight is 1290 g/mol. The second kappa shape index (κ2) is 69.5. The fourth-order valence-electron chi connectivity index (χ4n) is 13.0.